The fourth-order valence-electron chi connectivity index (χ4n) is 4.16. The molecule has 2 N–H and O–H groups in total. The van der Waals surface area contributed by atoms with Gasteiger partial charge in [-0.15, -0.1) is 0 Å². The number of aromatic nitrogens is 2. The van der Waals surface area contributed by atoms with Gasteiger partial charge in [0.1, 0.15) is 11.9 Å². The normalized spacial score (nSPS) is 15.1. The fraction of sp³-hybridized carbons (Fsp3) is 0.520. The molecule has 1 atom stereocenters. The minimum Gasteiger partial charge on any atom is -0.357 e. The third-order valence-corrected chi connectivity index (χ3v) is 6.08. The first kappa shape index (κ1) is 25.4. The molecule has 3 rings (SSSR count). The van der Waals surface area contributed by atoms with Gasteiger partial charge < -0.3 is 25.0 Å². The largest absolute Gasteiger partial charge is 0.357 e. The van der Waals surface area contributed by atoms with Crippen molar-refractivity contribution in [2.24, 2.45) is 5.41 Å². The van der Waals surface area contributed by atoms with Crippen molar-refractivity contribution in [3.8, 4) is 11.4 Å². The van der Waals surface area contributed by atoms with Crippen molar-refractivity contribution in [3.05, 3.63) is 41.2 Å². The lowest BCUT2D eigenvalue weighted by Crippen LogP contribution is -2.53. The molecule has 34 heavy (non-hydrogen) atoms. The number of hydrogen-bond donors (Lipinski definition) is 2. The average Bonchev–Trinajstić information content (AvgIpc) is 3.01. The Kier molecular flexibility index (Phi) is 7.45. The van der Waals surface area contributed by atoms with Crippen LogP contribution in [0.3, 0.4) is 0 Å². The van der Waals surface area contributed by atoms with Crippen molar-refractivity contribution in [2.45, 2.75) is 46.3 Å². The first-order valence-corrected chi connectivity index (χ1v) is 11.6. The number of likely N-dealkylation sites (N-methyl/N-ethyl adjacent to an activating group) is 1. The Morgan fingerprint density at radius 1 is 1.09 bits per heavy atom. The Labute approximate surface area is 201 Å². The SMILES string of the molecule is CNC(=O)[C@@H](NC(=O)c1nc(-c2ccc(C(=O)N(C)C)cc2)n2c1CN(C)CCC2)C(C)(C)C. The van der Waals surface area contributed by atoms with Gasteiger partial charge in [-0.05, 0) is 37.6 Å². The van der Waals surface area contributed by atoms with Crippen LogP contribution in [0.2, 0.25) is 0 Å². The van der Waals surface area contributed by atoms with Gasteiger partial charge in [0, 0.05) is 45.4 Å². The molecule has 1 aliphatic rings. The average molecular weight is 469 g/mol. The Bertz CT molecular complexity index is 1070. The number of benzene rings is 1. The van der Waals surface area contributed by atoms with Crippen LogP contribution < -0.4 is 10.6 Å². The fourth-order valence-corrected chi connectivity index (χ4v) is 4.16. The molecule has 0 saturated heterocycles. The summed E-state index contributed by atoms with van der Waals surface area (Å²) in [6.45, 7) is 7.95. The first-order chi connectivity index (χ1) is 15.9. The minimum atomic E-state index is -0.703. The monoisotopic (exact) mass is 468 g/mol. The number of nitrogens with zero attached hydrogens (tertiary/aromatic N) is 4. The molecular formula is C25H36N6O3. The molecule has 0 fully saturated rings. The van der Waals surface area contributed by atoms with E-state index in [1.807, 2.05) is 40.0 Å². The van der Waals surface area contributed by atoms with Crippen molar-refractivity contribution in [3.63, 3.8) is 0 Å². The first-order valence-electron chi connectivity index (χ1n) is 11.6. The standard InChI is InChI=1S/C25H36N6O3/c1-25(2,3)20(23(33)26-4)28-22(32)19-18-15-30(7)13-8-14-31(18)21(27-19)16-9-11-17(12-10-16)24(34)29(5)6/h9-12,20H,8,13-15H2,1-7H3,(H,26,33)(H,28,32)/t20-/m1/s1. The Morgan fingerprint density at radius 2 is 1.74 bits per heavy atom. The van der Waals surface area contributed by atoms with Crippen LogP contribution in [0.25, 0.3) is 11.4 Å². The Balaban J connectivity index is 2.03. The molecule has 0 unspecified atom stereocenters. The molecule has 0 bridgehead atoms. The molecule has 2 heterocycles. The molecule has 1 aromatic carbocycles. The second-order valence-corrected chi connectivity index (χ2v) is 10.1. The van der Waals surface area contributed by atoms with Gasteiger partial charge in [0.05, 0.1) is 5.69 Å². The maximum absolute atomic E-state index is 13.4. The van der Waals surface area contributed by atoms with E-state index in [2.05, 4.69) is 20.1 Å². The predicted molar refractivity (Wildman–Crippen MR) is 131 cm³/mol. The molecule has 1 aromatic heterocycles. The van der Waals surface area contributed by atoms with Gasteiger partial charge in [-0.2, -0.15) is 0 Å². The summed E-state index contributed by atoms with van der Waals surface area (Å²) in [4.78, 5) is 46.7. The van der Waals surface area contributed by atoms with Crippen LogP contribution in [0.15, 0.2) is 24.3 Å². The summed E-state index contributed by atoms with van der Waals surface area (Å²) < 4.78 is 2.09. The highest BCUT2D eigenvalue weighted by Crippen LogP contribution is 2.27. The van der Waals surface area contributed by atoms with E-state index in [0.717, 1.165) is 30.8 Å². The molecule has 0 aliphatic carbocycles. The van der Waals surface area contributed by atoms with E-state index in [9.17, 15) is 14.4 Å². The zero-order valence-electron chi connectivity index (χ0n) is 21.2. The number of amides is 3. The van der Waals surface area contributed by atoms with Crippen molar-refractivity contribution in [1.82, 2.24) is 30.0 Å². The highest BCUT2D eigenvalue weighted by molar-refractivity contribution is 5.98. The molecule has 9 heteroatoms. The number of rotatable bonds is 5. The smallest absolute Gasteiger partial charge is 0.272 e. The van der Waals surface area contributed by atoms with E-state index in [0.29, 0.717) is 23.6 Å². The summed E-state index contributed by atoms with van der Waals surface area (Å²) >= 11 is 0. The van der Waals surface area contributed by atoms with Crippen LogP contribution >= 0.6 is 0 Å². The Hall–Kier alpha value is -3.20. The van der Waals surface area contributed by atoms with Gasteiger partial charge in [-0.1, -0.05) is 32.9 Å². The highest BCUT2D eigenvalue weighted by atomic mass is 16.2. The summed E-state index contributed by atoms with van der Waals surface area (Å²) in [5.74, 6) is 0.00188. The van der Waals surface area contributed by atoms with E-state index < -0.39 is 11.5 Å². The Morgan fingerprint density at radius 3 is 2.29 bits per heavy atom. The van der Waals surface area contributed by atoms with Crippen LogP contribution in [-0.4, -0.2) is 77.8 Å². The highest BCUT2D eigenvalue weighted by Gasteiger charge is 2.34. The van der Waals surface area contributed by atoms with E-state index in [4.69, 9.17) is 4.98 Å². The minimum absolute atomic E-state index is 0.0717. The van der Waals surface area contributed by atoms with Crippen molar-refractivity contribution < 1.29 is 14.4 Å². The molecule has 0 saturated carbocycles. The topological polar surface area (TPSA) is 99.6 Å². The molecule has 9 nitrogen and oxygen atoms in total. The maximum atomic E-state index is 13.4. The van der Waals surface area contributed by atoms with Crippen LogP contribution in [0.1, 0.15) is 53.7 Å². The number of nitrogens with one attached hydrogen (secondary N) is 2. The molecule has 2 aromatic rings. The zero-order chi connectivity index (χ0) is 25.2. The van der Waals surface area contributed by atoms with Crippen LogP contribution in [0, 0.1) is 5.41 Å². The van der Waals surface area contributed by atoms with Gasteiger partial charge in [0.15, 0.2) is 5.69 Å². The van der Waals surface area contributed by atoms with Crippen LogP contribution in [0.4, 0.5) is 0 Å². The van der Waals surface area contributed by atoms with E-state index in [1.54, 1.807) is 33.3 Å². The van der Waals surface area contributed by atoms with E-state index in [1.165, 1.54) is 4.90 Å². The summed E-state index contributed by atoms with van der Waals surface area (Å²) in [6.07, 6.45) is 0.925. The van der Waals surface area contributed by atoms with Gasteiger partial charge in [-0.3, -0.25) is 14.4 Å². The molecule has 3 amide bonds. The van der Waals surface area contributed by atoms with Crippen LogP contribution in [-0.2, 0) is 17.9 Å². The number of carbonyl (C=O) groups excluding carboxylic acids is 3. The maximum Gasteiger partial charge on any atom is 0.272 e. The van der Waals surface area contributed by atoms with Gasteiger partial charge in [0.2, 0.25) is 5.91 Å². The van der Waals surface area contributed by atoms with Gasteiger partial charge in [0.25, 0.3) is 11.8 Å². The molecule has 0 radical (unpaired) electrons. The van der Waals surface area contributed by atoms with Crippen LogP contribution in [0.5, 0.6) is 0 Å². The van der Waals surface area contributed by atoms with Crippen molar-refractivity contribution >= 4 is 17.7 Å². The van der Waals surface area contributed by atoms with Crippen molar-refractivity contribution in [1.29, 1.82) is 0 Å². The molecule has 184 valence electrons. The molecule has 1 aliphatic heterocycles. The molecular weight excluding hydrogens is 432 g/mol. The summed E-state index contributed by atoms with van der Waals surface area (Å²) in [7, 11) is 7.02. The lowest BCUT2D eigenvalue weighted by Gasteiger charge is -2.29. The second-order valence-electron chi connectivity index (χ2n) is 10.1. The third-order valence-electron chi connectivity index (χ3n) is 6.08. The summed E-state index contributed by atoms with van der Waals surface area (Å²) in [5, 5.41) is 5.56. The number of imidazole rings is 1. The lowest BCUT2D eigenvalue weighted by atomic mass is 9.86. The summed E-state index contributed by atoms with van der Waals surface area (Å²) in [6, 6.07) is 6.59. The second kappa shape index (κ2) is 9.97. The van der Waals surface area contributed by atoms with E-state index >= 15 is 0 Å². The summed E-state index contributed by atoms with van der Waals surface area (Å²) in [5.41, 5.74) is 2.10. The zero-order valence-corrected chi connectivity index (χ0v) is 21.2. The lowest BCUT2D eigenvalue weighted by molar-refractivity contribution is -0.124. The van der Waals surface area contributed by atoms with Gasteiger partial charge in [-0.25, -0.2) is 4.98 Å². The van der Waals surface area contributed by atoms with Crippen molar-refractivity contribution in [2.75, 3.05) is 34.7 Å². The number of hydrogen-bond acceptors (Lipinski definition) is 5. The third kappa shape index (κ3) is 5.30. The molecule has 0 spiro atoms. The predicted octanol–water partition coefficient (Wildman–Crippen LogP) is 1.98. The van der Waals surface area contributed by atoms with Gasteiger partial charge >= 0.3 is 0 Å². The number of carbonyl (C=O) groups is 3. The van der Waals surface area contributed by atoms with E-state index in [-0.39, 0.29) is 17.7 Å². The quantitative estimate of drug-likeness (QED) is 0.699. The number of fused-ring (bicyclic) bond motifs is 1.